The Hall–Kier alpha value is -4.28. The maximum absolute atomic E-state index is 13.6. The fourth-order valence-corrected chi connectivity index (χ4v) is 6.30. The molecule has 2 aromatic carbocycles. The van der Waals surface area contributed by atoms with E-state index in [2.05, 4.69) is 31.7 Å². The maximum Gasteiger partial charge on any atom is 0.252 e. The maximum atomic E-state index is 13.6. The van der Waals surface area contributed by atoms with Crippen LogP contribution >= 0.6 is 23.2 Å². The van der Waals surface area contributed by atoms with Gasteiger partial charge in [0.25, 0.3) is 5.56 Å². The first kappa shape index (κ1) is 22.7. The van der Waals surface area contributed by atoms with E-state index in [1.165, 1.54) is 6.33 Å². The Kier molecular flexibility index (Phi) is 4.72. The summed E-state index contributed by atoms with van der Waals surface area (Å²) in [6.45, 7) is 1.90. The molecule has 0 spiro atoms. The second-order valence-corrected chi connectivity index (χ2v) is 10.8. The molecule has 0 saturated heterocycles. The highest BCUT2D eigenvalue weighted by atomic mass is 35.5. The van der Waals surface area contributed by atoms with Crippen molar-refractivity contribution in [3.8, 4) is 28.1 Å². The summed E-state index contributed by atoms with van der Waals surface area (Å²) in [5.74, 6) is 1.20. The zero-order valence-corrected chi connectivity index (χ0v) is 21.9. The van der Waals surface area contributed by atoms with Crippen molar-refractivity contribution in [1.29, 1.82) is 0 Å². The van der Waals surface area contributed by atoms with Crippen molar-refractivity contribution in [1.82, 2.24) is 39.9 Å². The Morgan fingerprint density at radius 1 is 1.08 bits per heavy atom. The molecule has 192 valence electrons. The third-order valence-electron chi connectivity index (χ3n) is 7.75. The van der Waals surface area contributed by atoms with Gasteiger partial charge in [0, 0.05) is 39.2 Å². The number of H-pyrrole nitrogens is 1. The van der Waals surface area contributed by atoms with E-state index in [9.17, 15) is 4.79 Å². The topological polar surface area (TPSA) is 120 Å². The van der Waals surface area contributed by atoms with Gasteiger partial charge < -0.3 is 14.1 Å². The van der Waals surface area contributed by atoms with E-state index >= 15 is 0 Å². The number of fused-ring (bicyclic) bond motifs is 4. The number of halogens is 2. The SMILES string of the molecule is Cc1noc2cc(-c3nc(C4C5CC5c5cc(-c6cc(Cl)ccc6-n6cnnn6)cc(=O)n54)[nH]c3Cl)ccc12. The predicted octanol–water partition coefficient (Wildman–Crippen LogP) is 5.34. The molecule has 39 heavy (non-hydrogen) atoms. The molecule has 0 radical (unpaired) electrons. The molecule has 8 rings (SSSR count). The molecule has 1 aliphatic carbocycles. The van der Waals surface area contributed by atoms with Crippen LogP contribution in [-0.4, -0.2) is 39.9 Å². The van der Waals surface area contributed by atoms with Gasteiger partial charge in [0.1, 0.15) is 23.0 Å². The van der Waals surface area contributed by atoms with Crippen LogP contribution < -0.4 is 5.56 Å². The number of aromatic amines is 1. The van der Waals surface area contributed by atoms with E-state index in [4.69, 9.17) is 32.7 Å². The second kappa shape index (κ2) is 8.11. The number of imidazole rings is 1. The summed E-state index contributed by atoms with van der Waals surface area (Å²) in [5.41, 5.74) is 6.06. The van der Waals surface area contributed by atoms with E-state index in [0.717, 1.165) is 45.6 Å². The molecule has 12 heteroatoms. The number of tetrazole rings is 1. The molecule has 3 atom stereocenters. The van der Waals surface area contributed by atoms with E-state index in [-0.39, 0.29) is 23.4 Å². The van der Waals surface area contributed by atoms with Gasteiger partial charge in [0.2, 0.25) is 0 Å². The van der Waals surface area contributed by atoms with Crippen LogP contribution in [0.5, 0.6) is 0 Å². The summed E-state index contributed by atoms with van der Waals surface area (Å²) >= 11 is 13.0. The van der Waals surface area contributed by atoms with Gasteiger partial charge in [0.05, 0.1) is 17.4 Å². The lowest BCUT2D eigenvalue weighted by Crippen LogP contribution is -2.26. The van der Waals surface area contributed by atoms with Crippen molar-refractivity contribution < 1.29 is 4.52 Å². The number of rotatable bonds is 4. The number of pyridine rings is 1. The summed E-state index contributed by atoms with van der Waals surface area (Å²) in [7, 11) is 0. The van der Waals surface area contributed by atoms with E-state index in [0.29, 0.717) is 27.3 Å². The van der Waals surface area contributed by atoms with Gasteiger partial charge in [-0.05, 0) is 71.7 Å². The standard InChI is InChI=1S/C27H18Cl2N8O2/c1-12-16-4-2-13(7-22(16)39-33-12)24-26(29)32-27(31-24)25-19-10-18(19)21-6-14(8-23(38)37(21)25)17-9-15(28)3-5-20(17)36-11-30-34-35-36/h2-9,11,18-19,25H,10H2,1H3,(H,31,32). The first-order valence-electron chi connectivity index (χ1n) is 12.4. The molecule has 0 bridgehead atoms. The Balaban J connectivity index is 1.21. The van der Waals surface area contributed by atoms with Crippen LogP contribution in [0.15, 0.2) is 64.2 Å². The Bertz CT molecular complexity index is 1990. The van der Waals surface area contributed by atoms with Gasteiger partial charge in [-0.3, -0.25) is 4.79 Å². The predicted molar refractivity (Wildman–Crippen MR) is 144 cm³/mol. The quantitative estimate of drug-likeness (QED) is 0.311. The first-order valence-corrected chi connectivity index (χ1v) is 13.1. The molecule has 0 amide bonds. The number of hydrogen-bond acceptors (Lipinski definition) is 7. The van der Waals surface area contributed by atoms with Gasteiger partial charge >= 0.3 is 0 Å². The average molecular weight is 557 g/mol. The van der Waals surface area contributed by atoms with Crippen molar-refractivity contribution in [2.75, 3.05) is 0 Å². The number of benzene rings is 2. The minimum absolute atomic E-state index is 0.116. The minimum atomic E-state index is -0.229. The van der Waals surface area contributed by atoms with Crippen LogP contribution in [0.3, 0.4) is 0 Å². The lowest BCUT2D eigenvalue weighted by molar-refractivity contribution is 0.450. The molecule has 2 aliphatic rings. The number of hydrogen-bond donors (Lipinski definition) is 1. The van der Waals surface area contributed by atoms with Gasteiger partial charge in [-0.25, -0.2) is 4.98 Å². The van der Waals surface area contributed by atoms with E-state index < -0.39 is 0 Å². The third-order valence-corrected chi connectivity index (χ3v) is 8.26. The lowest BCUT2D eigenvalue weighted by atomic mass is 10.0. The molecule has 5 heterocycles. The molecule has 3 unspecified atom stereocenters. The van der Waals surface area contributed by atoms with Crippen LogP contribution in [0.1, 0.15) is 35.6 Å². The fourth-order valence-electron chi connectivity index (χ4n) is 5.88. The Labute approximate surface area is 230 Å². The van der Waals surface area contributed by atoms with Crippen LogP contribution in [-0.2, 0) is 0 Å². The Morgan fingerprint density at radius 3 is 2.82 bits per heavy atom. The lowest BCUT2D eigenvalue weighted by Gasteiger charge is -2.17. The van der Waals surface area contributed by atoms with Gasteiger partial charge in [0.15, 0.2) is 5.58 Å². The molecule has 4 aromatic heterocycles. The summed E-state index contributed by atoms with van der Waals surface area (Å²) in [6, 6.07) is 14.7. The summed E-state index contributed by atoms with van der Waals surface area (Å²) < 4.78 is 8.83. The zero-order chi connectivity index (χ0) is 26.4. The highest BCUT2D eigenvalue weighted by Crippen LogP contribution is 2.60. The van der Waals surface area contributed by atoms with Crippen LogP contribution in [0.4, 0.5) is 0 Å². The first-order chi connectivity index (χ1) is 19.0. The van der Waals surface area contributed by atoms with E-state index in [1.54, 1.807) is 16.8 Å². The van der Waals surface area contributed by atoms with Crippen LogP contribution in [0, 0.1) is 12.8 Å². The third kappa shape index (κ3) is 3.41. The molecule has 1 aliphatic heterocycles. The molecule has 1 fully saturated rings. The van der Waals surface area contributed by atoms with Crippen molar-refractivity contribution >= 4 is 34.2 Å². The normalized spacial score (nSPS) is 19.4. The number of aryl methyl sites for hydroxylation is 1. The molecular formula is C27H18Cl2N8O2. The van der Waals surface area contributed by atoms with Gasteiger partial charge in [-0.1, -0.05) is 34.4 Å². The average Bonchev–Trinajstić information content (AvgIpc) is 3.30. The number of nitrogens with zero attached hydrogens (tertiary/aromatic N) is 7. The van der Waals surface area contributed by atoms with Crippen LogP contribution in [0.2, 0.25) is 10.2 Å². The van der Waals surface area contributed by atoms with Crippen molar-refractivity contribution in [2.24, 2.45) is 5.92 Å². The van der Waals surface area contributed by atoms with Crippen molar-refractivity contribution in [3.63, 3.8) is 0 Å². The van der Waals surface area contributed by atoms with Crippen LogP contribution in [0.25, 0.3) is 39.0 Å². The molecule has 1 N–H and O–H groups in total. The molecule has 1 saturated carbocycles. The molecule has 6 aromatic rings. The highest BCUT2D eigenvalue weighted by molar-refractivity contribution is 6.32. The Morgan fingerprint density at radius 2 is 1.97 bits per heavy atom. The van der Waals surface area contributed by atoms with Gasteiger partial charge in [-0.2, -0.15) is 4.68 Å². The number of aromatic nitrogens is 8. The van der Waals surface area contributed by atoms with Crippen molar-refractivity contribution in [2.45, 2.75) is 25.3 Å². The zero-order valence-electron chi connectivity index (χ0n) is 20.3. The van der Waals surface area contributed by atoms with Crippen molar-refractivity contribution in [3.05, 3.63) is 92.6 Å². The number of nitrogens with one attached hydrogen (secondary N) is 1. The monoisotopic (exact) mass is 556 g/mol. The summed E-state index contributed by atoms with van der Waals surface area (Å²) in [4.78, 5) is 21.8. The summed E-state index contributed by atoms with van der Waals surface area (Å²) in [5, 5.41) is 17.5. The van der Waals surface area contributed by atoms with E-state index in [1.807, 2.05) is 41.8 Å². The molecule has 10 nitrogen and oxygen atoms in total. The summed E-state index contributed by atoms with van der Waals surface area (Å²) in [6.07, 6.45) is 2.49. The highest BCUT2D eigenvalue weighted by Gasteiger charge is 2.54. The minimum Gasteiger partial charge on any atom is -0.356 e. The fraction of sp³-hybridized carbons (Fsp3) is 0.185. The smallest absolute Gasteiger partial charge is 0.252 e. The van der Waals surface area contributed by atoms with Gasteiger partial charge in [-0.15, -0.1) is 5.10 Å². The second-order valence-electron chi connectivity index (χ2n) is 10.0. The largest absolute Gasteiger partial charge is 0.356 e. The molecular weight excluding hydrogens is 539 g/mol.